The van der Waals surface area contributed by atoms with E-state index in [1.807, 2.05) is 4.57 Å². The predicted octanol–water partition coefficient (Wildman–Crippen LogP) is 2.37. The van der Waals surface area contributed by atoms with Crippen molar-refractivity contribution in [1.82, 2.24) is 19.7 Å². The summed E-state index contributed by atoms with van der Waals surface area (Å²) in [5, 5.41) is 17.6. The number of aryl methyl sites for hydroxylation is 1. The van der Waals surface area contributed by atoms with Gasteiger partial charge in [0.2, 0.25) is 0 Å². The van der Waals surface area contributed by atoms with E-state index in [-0.39, 0.29) is 0 Å². The number of benzene rings is 1. The minimum Gasteiger partial charge on any atom is -0.480 e. The molecule has 6 nitrogen and oxygen atoms in total. The molecule has 0 saturated heterocycles. The first kappa shape index (κ1) is 16.8. The standard InChI is InChI=1S/C15H16F2N4O2S/c1-9-18-19-13-8-20(12(14(22)23)7-21(9)13)6-10-2-4-11(5-3-10)24-15(16)17/h2-5,12,15H,6-8H2,1H3,(H,22,23). The maximum Gasteiger partial charge on any atom is 0.322 e. The minimum absolute atomic E-state index is 0.294. The van der Waals surface area contributed by atoms with Crippen LogP contribution in [-0.4, -0.2) is 42.5 Å². The number of hydrogen-bond donors (Lipinski definition) is 1. The van der Waals surface area contributed by atoms with Gasteiger partial charge in [0.1, 0.15) is 17.7 Å². The van der Waals surface area contributed by atoms with Gasteiger partial charge in [0.25, 0.3) is 5.76 Å². The highest BCUT2D eigenvalue weighted by Gasteiger charge is 2.33. The molecule has 1 atom stereocenters. The van der Waals surface area contributed by atoms with Crippen LogP contribution < -0.4 is 0 Å². The number of hydrogen-bond acceptors (Lipinski definition) is 5. The van der Waals surface area contributed by atoms with Gasteiger partial charge >= 0.3 is 5.97 Å². The summed E-state index contributed by atoms with van der Waals surface area (Å²) in [7, 11) is 0. The third kappa shape index (κ3) is 3.57. The van der Waals surface area contributed by atoms with E-state index in [4.69, 9.17) is 0 Å². The number of nitrogens with zero attached hydrogens (tertiary/aromatic N) is 4. The molecule has 128 valence electrons. The van der Waals surface area contributed by atoms with Gasteiger partial charge in [0.05, 0.1) is 13.1 Å². The van der Waals surface area contributed by atoms with Crippen LogP contribution in [0.25, 0.3) is 0 Å². The second kappa shape index (κ2) is 6.86. The fourth-order valence-electron chi connectivity index (χ4n) is 2.77. The van der Waals surface area contributed by atoms with Crippen molar-refractivity contribution >= 4 is 17.7 Å². The molecule has 0 saturated carbocycles. The Morgan fingerprint density at radius 3 is 2.71 bits per heavy atom. The van der Waals surface area contributed by atoms with Gasteiger partial charge in [-0.1, -0.05) is 23.9 Å². The zero-order chi connectivity index (χ0) is 17.3. The minimum atomic E-state index is -2.45. The van der Waals surface area contributed by atoms with Gasteiger partial charge in [-0.05, 0) is 24.6 Å². The molecule has 0 aliphatic carbocycles. The molecule has 0 bridgehead atoms. The molecule has 1 aromatic heterocycles. The average Bonchev–Trinajstić information content (AvgIpc) is 2.88. The SMILES string of the molecule is Cc1nnc2n1CC(C(=O)O)N(Cc1ccc(SC(F)F)cc1)C2. The quantitative estimate of drug-likeness (QED) is 0.832. The number of carboxylic acid groups (broad SMARTS) is 1. The van der Waals surface area contributed by atoms with Crippen LogP contribution in [0.5, 0.6) is 0 Å². The summed E-state index contributed by atoms with van der Waals surface area (Å²) in [5.41, 5.74) is 0.865. The fraction of sp³-hybridized carbons (Fsp3) is 0.400. The summed E-state index contributed by atoms with van der Waals surface area (Å²) in [6, 6.07) is 6.06. The molecule has 0 spiro atoms. The summed E-state index contributed by atoms with van der Waals surface area (Å²) in [5.74, 6) is -1.93. The second-order valence-electron chi connectivity index (χ2n) is 5.56. The summed E-state index contributed by atoms with van der Waals surface area (Å²) in [4.78, 5) is 13.9. The van der Waals surface area contributed by atoms with Crippen molar-refractivity contribution in [2.75, 3.05) is 0 Å². The van der Waals surface area contributed by atoms with E-state index in [9.17, 15) is 18.7 Å². The van der Waals surface area contributed by atoms with Crippen LogP contribution >= 0.6 is 11.8 Å². The zero-order valence-corrected chi connectivity index (χ0v) is 13.7. The van der Waals surface area contributed by atoms with E-state index < -0.39 is 17.8 Å². The maximum atomic E-state index is 12.4. The average molecular weight is 354 g/mol. The van der Waals surface area contributed by atoms with Crippen LogP contribution in [-0.2, 0) is 24.4 Å². The Labute approximate surface area is 141 Å². The molecule has 0 radical (unpaired) electrons. The highest BCUT2D eigenvalue weighted by Crippen LogP contribution is 2.26. The lowest BCUT2D eigenvalue weighted by molar-refractivity contribution is -0.145. The Morgan fingerprint density at radius 2 is 2.08 bits per heavy atom. The number of carboxylic acids is 1. The van der Waals surface area contributed by atoms with E-state index in [0.29, 0.717) is 42.1 Å². The smallest absolute Gasteiger partial charge is 0.322 e. The molecular weight excluding hydrogens is 338 g/mol. The number of aliphatic carboxylic acids is 1. The zero-order valence-electron chi connectivity index (χ0n) is 12.9. The number of rotatable bonds is 5. The molecule has 9 heteroatoms. The number of fused-ring (bicyclic) bond motifs is 1. The number of carbonyl (C=O) groups is 1. The Morgan fingerprint density at radius 1 is 1.38 bits per heavy atom. The van der Waals surface area contributed by atoms with Gasteiger partial charge in [-0.25, -0.2) is 0 Å². The molecule has 0 fully saturated rings. The van der Waals surface area contributed by atoms with Crippen LogP contribution in [0.1, 0.15) is 17.2 Å². The number of alkyl halides is 2. The second-order valence-corrected chi connectivity index (χ2v) is 6.62. The summed E-state index contributed by atoms with van der Waals surface area (Å²) in [6.45, 7) is 2.88. The summed E-state index contributed by atoms with van der Waals surface area (Å²) >= 11 is 0.489. The van der Waals surface area contributed by atoms with E-state index >= 15 is 0 Å². The van der Waals surface area contributed by atoms with Crippen molar-refractivity contribution in [3.63, 3.8) is 0 Å². The molecule has 0 amide bonds. The van der Waals surface area contributed by atoms with Gasteiger partial charge in [-0.2, -0.15) is 8.78 Å². The fourth-order valence-corrected chi connectivity index (χ4v) is 3.27. The van der Waals surface area contributed by atoms with Crippen molar-refractivity contribution in [2.45, 2.75) is 43.3 Å². The van der Waals surface area contributed by atoms with Crippen molar-refractivity contribution in [2.24, 2.45) is 0 Å². The highest BCUT2D eigenvalue weighted by atomic mass is 32.2. The number of halogens is 2. The Kier molecular flexibility index (Phi) is 4.81. The largest absolute Gasteiger partial charge is 0.480 e. The van der Waals surface area contributed by atoms with Gasteiger partial charge in [0, 0.05) is 11.4 Å². The van der Waals surface area contributed by atoms with Crippen LogP contribution in [0.3, 0.4) is 0 Å². The molecule has 2 heterocycles. The Balaban J connectivity index is 1.76. The van der Waals surface area contributed by atoms with Gasteiger partial charge in [-0.15, -0.1) is 10.2 Å². The van der Waals surface area contributed by atoms with E-state index in [0.717, 1.165) is 11.4 Å². The summed E-state index contributed by atoms with van der Waals surface area (Å²) < 4.78 is 26.5. The van der Waals surface area contributed by atoms with Crippen LogP contribution in [0.2, 0.25) is 0 Å². The first-order valence-electron chi connectivity index (χ1n) is 7.33. The third-order valence-corrected chi connectivity index (χ3v) is 4.69. The van der Waals surface area contributed by atoms with Crippen molar-refractivity contribution < 1.29 is 18.7 Å². The first-order valence-corrected chi connectivity index (χ1v) is 8.21. The van der Waals surface area contributed by atoms with Crippen molar-refractivity contribution in [3.05, 3.63) is 41.5 Å². The molecule has 1 N–H and O–H groups in total. The number of thioether (sulfide) groups is 1. The molecule has 2 aromatic rings. The van der Waals surface area contributed by atoms with Crippen molar-refractivity contribution in [3.8, 4) is 0 Å². The Hall–Kier alpha value is -2.00. The van der Waals surface area contributed by atoms with Gasteiger partial charge in [-0.3, -0.25) is 9.69 Å². The topological polar surface area (TPSA) is 71.2 Å². The summed E-state index contributed by atoms with van der Waals surface area (Å²) in [6.07, 6.45) is 0. The van der Waals surface area contributed by atoms with Crippen LogP contribution in [0, 0.1) is 6.92 Å². The predicted molar refractivity (Wildman–Crippen MR) is 83.7 cm³/mol. The lowest BCUT2D eigenvalue weighted by Crippen LogP contribution is -2.47. The lowest BCUT2D eigenvalue weighted by Gasteiger charge is -2.33. The molecular formula is C15H16F2N4O2S. The first-order chi connectivity index (χ1) is 11.4. The molecule has 24 heavy (non-hydrogen) atoms. The molecule has 1 aliphatic rings. The monoisotopic (exact) mass is 354 g/mol. The number of aromatic nitrogens is 3. The molecule has 1 aromatic carbocycles. The normalized spacial score (nSPS) is 17.9. The van der Waals surface area contributed by atoms with Gasteiger partial charge in [0.15, 0.2) is 0 Å². The Bertz CT molecular complexity index is 736. The van der Waals surface area contributed by atoms with Crippen molar-refractivity contribution in [1.29, 1.82) is 0 Å². The van der Waals surface area contributed by atoms with Crippen LogP contribution in [0.4, 0.5) is 8.78 Å². The lowest BCUT2D eigenvalue weighted by atomic mass is 10.1. The molecule has 1 aliphatic heterocycles. The highest BCUT2D eigenvalue weighted by molar-refractivity contribution is 7.99. The van der Waals surface area contributed by atoms with E-state index in [2.05, 4.69) is 10.2 Å². The van der Waals surface area contributed by atoms with Crippen LogP contribution in [0.15, 0.2) is 29.2 Å². The van der Waals surface area contributed by atoms with E-state index in [1.54, 1.807) is 36.1 Å². The third-order valence-electron chi connectivity index (χ3n) is 3.97. The van der Waals surface area contributed by atoms with E-state index in [1.165, 1.54) is 0 Å². The molecule has 3 rings (SSSR count). The maximum absolute atomic E-state index is 12.4. The molecule has 1 unspecified atom stereocenters. The van der Waals surface area contributed by atoms with Gasteiger partial charge < -0.3 is 9.67 Å².